The lowest BCUT2D eigenvalue weighted by atomic mass is 10.2. The summed E-state index contributed by atoms with van der Waals surface area (Å²) in [5.74, 6) is 0.767. The van der Waals surface area contributed by atoms with Crippen LogP contribution in [0.3, 0.4) is 0 Å². The van der Waals surface area contributed by atoms with Crippen molar-refractivity contribution < 1.29 is 9.59 Å². The van der Waals surface area contributed by atoms with Crippen LogP contribution in [-0.2, 0) is 22.7 Å². The molecule has 184 valence electrons. The van der Waals surface area contributed by atoms with E-state index in [1.165, 1.54) is 44.5 Å². The second kappa shape index (κ2) is 12.6. The van der Waals surface area contributed by atoms with Crippen LogP contribution in [0.4, 0.5) is 11.4 Å². The molecule has 7 heteroatoms. The topological polar surface area (TPSA) is 90.7 Å². The molecule has 0 radical (unpaired) electrons. The highest BCUT2D eigenvalue weighted by Gasteiger charge is 2.19. The molecule has 0 saturated carbocycles. The standard InChI is InChI=1S/C14H20N2O.C13H19N3O/c1-11-7-8-16(9-11)10-13-3-5-14(6-4-13)15-12(2)17;1-10(17)15-13-4-2-11(3-5-13)8-16-7-6-12(14)9-16/h3-6,11H,7-10H2,1-2H3,(H,15,17);2-5,12H,6-9,14H2,1H3,(H,15,17)/t11-;12-/m11/s1. The third-order valence-electron chi connectivity index (χ3n) is 6.18. The van der Waals surface area contributed by atoms with Crippen LogP contribution in [-0.4, -0.2) is 53.8 Å². The molecular weight excluding hydrogens is 426 g/mol. The minimum atomic E-state index is -0.0386. The number of nitrogens with zero attached hydrogens (tertiary/aromatic N) is 2. The van der Waals surface area contributed by atoms with Gasteiger partial charge >= 0.3 is 0 Å². The number of nitrogens with two attached hydrogens (primary N) is 1. The first-order valence-electron chi connectivity index (χ1n) is 12.2. The zero-order chi connectivity index (χ0) is 24.5. The van der Waals surface area contributed by atoms with Crippen LogP contribution >= 0.6 is 0 Å². The molecule has 2 heterocycles. The molecule has 2 aliphatic rings. The van der Waals surface area contributed by atoms with E-state index < -0.39 is 0 Å². The van der Waals surface area contributed by atoms with Crippen molar-refractivity contribution in [3.8, 4) is 0 Å². The Bertz CT molecular complexity index is 852. The van der Waals surface area contributed by atoms with Crippen LogP contribution in [0.15, 0.2) is 48.5 Å². The van der Waals surface area contributed by atoms with Crippen molar-refractivity contribution in [2.75, 3.05) is 36.8 Å². The Labute approximate surface area is 203 Å². The van der Waals surface area contributed by atoms with E-state index in [-0.39, 0.29) is 11.8 Å². The molecule has 7 nitrogen and oxygen atoms in total. The Balaban J connectivity index is 0.000000191. The smallest absolute Gasteiger partial charge is 0.221 e. The fourth-order valence-electron chi connectivity index (χ4n) is 4.49. The largest absolute Gasteiger partial charge is 0.326 e. The van der Waals surface area contributed by atoms with Gasteiger partial charge in [0.1, 0.15) is 0 Å². The summed E-state index contributed by atoms with van der Waals surface area (Å²) in [4.78, 5) is 26.6. The quantitative estimate of drug-likeness (QED) is 0.606. The first kappa shape index (κ1) is 25.9. The fourth-order valence-corrected chi connectivity index (χ4v) is 4.49. The molecule has 2 saturated heterocycles. The number of anilines is 2. The summed E-state index contributed by atoms with van der Waals surface area (Å²) in [6.07, 6.45) is 2.40. The summed E-state index contributed by atoms with van der Waals surface area (Å²) >= 11 is 0. The van der Waals surface area contributed by atoms with Crippen molar-refractivity contribution in [2.45, 2.75) is 52.7 Å². The average Bonchev–Trinajstić information content (AvgIpc) is 3.38. The van der Waals surface area contributed by atoms with Crippen LogP contribution in [0, 0.1) is 5.92 Å². The Kier molecular flexibility index (Phi) is 9.62. The molecule has 0 unspecified atom stereocenters. The van der Waals surface area contributed by atoms with Crippen molar-refractivity contribution in [3.05, 3.63) is 59.7 Å². The van der Waals surface area contributed by atoms with Crippen LogP contribution < -0.4 is 16.4 Å². The number of benzene rings is 2. The molecular formula is C27H39N5O2. The molecule has 0 aliphatic carbocycles. The fraction of sp³-hybridized carbons (Fsp3) is 0.481. The molecule has 2 atom stereocenters. The first-order valence-corrected chi connectivity index (χ1v) is 12.2. The summed E-state index contributed by atoms with van der Waals surface area (Å²) in [6.45, 7) is 11.8. The number of rotatable bonds is 6. The molecule has 2 fully saturated rings. The SMILES string of the molecule is CC(=O)Nc1ccc(CN2CC[C@@H](C)C2)cc1.CC(=O)Nc1ccc(CN2CC[C@@H](N)C2)cc1. The lowest BCUT2D eigenvalue weighted by Gasteiger charge is -2.15. The van der Waals surface area contributed by atoms with Gasteiger partial charge < -0.3 is 16.4 Å². The highest BCUT2D eigenvalue weighted by molar-refractivity contribution is 5.89. The van der Waals surface area contributed by atoms with Crippen LogP contribution in [0.5, 0.6) is 0 Å². The third-order valence-corrected chi connectivity index (χ3v) is 6.18. The van der Waals surface area contributed by atoms with Crippen molar-refractivity contribution in [1.29, 1.82) is 0 Å². The number of hydrogen-bond donors (Lipinski definition) is 3. The van der Waals surface area contributed by atoms with Crippen LogP contribution in [0.2, 0.25) is 0 Å². The van der Waals surface area contributed by atoms with Gasteiger partial charge in [0.2, 0.25) is 11.8 Å². The second-order valence-electron chi connectivity index (χ2n) is 9.67. The Morgan fingerprint density at radius 2 is 1.24 bits per heavy atom. The van der Waals surface area contributed by atoms with Crippen molar-refractivity contribution in [1.82, 2.24) is 9.80 Å². The number of nitrogens with one attached hydrogen (secondary N) is 2. The van der Waals surface area contributed by atoms with Crippen molar-refractivity contribution >= 4 is 23.2 Å². The van der Waals surface area contributed by atoms with E-state index in [0.29, 0.717) is 6.04 Å². The van der Waals surface area contributed by atoms with Gasteiger partial charge in [-0.1, -0.05) is 31.2 Å². The van der Waals surface area contributed by atoms with E-state index in [9.17, 15) is 9.59 Å². The maximum absolute atomic E-state index is 10.9. The summed E-state index contributed by atoms with van der Waals surface area (Å²) in [5.41, 5.74) is 10.2. The van der Waals surface area contributed by atoms with Gasteiger partial charge in [0.05, 0.1) is 0 Å². The van der Waals surface area contributed by atoms with Gasteiger partial charge in [-0.25, -0.2) is 0 Å². The van der Waals surface area contributed by atoms with E-state index >= 15 is 0 Å². The molecule has 0 aromatic heterocycles. The van der Waals surface area contributed by atoms with Gasteiger partial charge in [-0.2, -0.15) is 0 Å². The minimum absolute atomic E-state index is 0.0221. The molecule has 34 heavy (non-hydrogen) atoms. The Hall–Kier alpha value is -2.74. The lowest BCUT2D eigenvalue weighted by molar-refractivity contribution is -0.115. The third kappa shape index (κ3) is 8.89. The van der Waals surface area contributed by atoms with E-state index in [1.54, 1.807) is 0 Å². The number of carbonyl (C=O) groups excluding carboxylic acids is 2. The number of carbonyl (C=O) groups is 2. The Morgan fingerprint density at radius 3 is 1.59 bits per heavy atom. The predicted octanol–water partition coefficient (Wildman–Crippen LogP) is 3.66. The summed E-state index contributed by atoms with van der Waals surface area (Å²) < 4.78 is 0. The van der Waals surface area contributed by atoms with Gasteiger partial charge in [0.15, 0.2) is 0 Å². The second-order valence-corrected chi connectivity index (χ2v) is 9.67. The van der Waals surface area contributed by atoms with Gasteiger partial charge in [-0.3, -0.25) is 19.4 Å². The normalized spacial score (nSPS) is 20.5. The maximum Gasteiger partial charge on any atom is 0.221 e. The number of hydrogen-bond acceptors (Lipinski definition) is 5. The molecule has 2 aromatic carbocycles. The molecule has 0 spiro atoms. The molecule has 2 amide bonds. The average molecular weight is 466 g/mol. The van der Waals surface area contributed by atoms with Crippen LogP contribution in [0.1, 0.15) is 44.7 Å². The molecule has 2 aliphatic heterocycles. The van der Waals surface area contributed by atoms with E-state index in [2.05, 4.69) is 51.6 Å². The summed E-state index contributed by atoms with van der Waals surface area (Å²) in [7, 11) is 0. The zero-order valence-corrected chi connectivity index (χ0v) is 20.7. The molecule has 2 aromatic rings. The van der Waals surface area contributed by atoms with E-state index in [0.717, 1.165) is 49.9 Å². The zero-order valence-electron chi connectivity index (χ0n) is 20.7. The Morgan fingerprint density at radius 1 is 0.794 bits per heavy atom. The monoisotopic (exact) mass is 465 g/mol. The van der Waals surface area contributed by atoms with E-state index in [1.807, 2.05) is 24.3 Å². The van der Waals surface area contributed by atoms with Crippen molar-refractivity contribution in [2.24, 2.45) is 11.7 Å². The minimum Gasteiger partial charge on any atom is -0.326 e. The van der Waals surface area contributed by atoms with E-state index in [4.69, 9.17) is 5.73 Å². The summed E-state index contributed by atoms with van der Waals surface area (Å²) in [6, 6.07) is 16.4. The van der Waals surface area contributed by atoms with Gasteiger partial charge in [-0.05, 0) is 60.7 Å². The molecule has 4 N–H and O–H groups in total. The number of amides is 2. The maximum atomic E-state index is 10.9. The predicted molar refractivity (Wildman–Crippen MR) is 138 cm³/mol. The highest BCUT2D eigenvalue weighted by Crippen LogP contribution is 2.19. The van der Waals surface area contributed by atoms with Crippen molar-refractivity contribution in [3.63, 3.8) is 0 Å². The first-order chi connectivity index (χ1) is 16.3. The molecule has 0 bridgehead atoms. The van der Waals surface area contributed by atoms with Crippen LogP contribution in [0.25, 0.3) is 0 Å². The highest BCUT2D eigenvalue weighted by atomic mass is 16.2. The lowest BCUT2D eigenvalue weighted by Crippen LogP contribution is -2.26. The summed E-state index contributed by atoms with van der Waals surface area (Å²) in [5, 5.41) is 5.54. The number of likely N-dealkylation sites (tertiary alicyclic amines) is 2. The van der Waals surface area contributed by atoms with Gasteiger partial charge in [0, 0.05) is 64.0 Å². The molecule has 4 rings (SSSR count). The van der Waals surface area contributed by atoms with Gasteiger partial charge in [0.25, 0.3) is 0 Å². The van der Waals surface area contributed by atoms with Gasteiger partial charge in [-0.15, -0.1) is 0 Å².